The third-order valence-electron chi connectivity index (χ3n) is 3.78. The Morgan fingerprint density at radius 3 is 2.62 bits per heavy atom. The number of benzene rings is 1. The van der Waals surface area contributed by atoms with Crippen molar-refractivity contribution in [1.82, 2.24) is 9.55 Å². The fraction of sp³-hybridized carbons (Fsp3) is 0.412. The third-order valence-corrected chi connectivity index (χ3v) is 3.96. The maximum Gasteiger partial charge on any atom is 0.294 e. The number of ether oxygens (including phenoxy) is 2. The molecule has 1 N–H and O–H groups in total. The molecule has 130 valence electrons. The number of aryl methyl sites for hydroxylation is 2. The zero-order valence-electron chi connectivity index (χ0n) is 14.5. The number of hydrogen-bond donors (Lipinski definition) is 1. The summed E-state index contributed by atoms with van der Waals surface area (Å²) < 4.78 is 11.9. The largest absolute Gasteiger partial charge is 0.496 e. The van der Waals surface area contributed by atoms with Crippen molar-refractivity contribution in [2.75, 3.05) is 26.1 Å². The lowest BCUT2D eigenvalue weighted by molar-refractivity contribution is 0.161. The van der Waals surface area contributed by atoms with E-state index in [1.165, 1.54) is 10.8 Å². The second-order valence-electron chi connectivity index (χ2n) is 5.69. The number of methoxy groups -OCH3 is 2. The van der Waals surface area contributed by atoms with E-state index in [1.54, 1.807) is 14.2 Å². The minimum atomic E-state index is -0.253. The van der Waals surface area contributed by atoms with Gasteiger partial charge in [0.25, 0.3) is 5.56 Å². The van der Waals surface area contributed by atoms with Gasteiger partial charge >= 0.3 is 0 Å². The van der Waals surface area contributed by atoms with Crippen LogP contribution in [0.1, 0.15) is 24.1 Å². The van der Waals surface area contributed by atoms with Crippen LogP contribution < -0.4 is 15.6 Å². The summed E-state index contributed by atoms with van der Waals surface area (Å²) in [5.74, 6) is 0.973. The first-order valence-electron chi connectivity index (χ1n) is 7.57. The van der Waals surface area contributed by atoms with E-state index < -0.39 is 0 Å². The van der Waals surface area contributed by atoms with Crippen molar-refractivity contribution in [3.8, 4) is 5.75 Å². The summed E-state index contributed by atoms with van der Waals surface area (Å²) in [7, 11) is 3.22. The van der Waals surface area contributed by atoms with Gasteiger partial charge in [-0.15, -0.1) is 0 Å². The minimum Gasteiger partial charge on any atom is -0.496 e. The van der Waals surface area contributed by atoms with Gasteiger partial charge in [0.05, 0.1) is 19.8 Å². The zero-order valence-corrected chi connectivity index (χ0v) is 15.3. The van der Waals surface area contributed by atoms with Gasteiger partial charge in [0.1, 0.15) is 10.9 Å². The second-order valence-corrected chi connectivity index (χ2v) is 6.08. The quantitative estimate of drug-likeness (QED) is 0.863. The monoisotopic (exact) mass is 351 g/mol. The first-order valence-corrected chi connectivity index (χ1v) is 7.95. The first kappa shape index (κ1) is 18.3. The van der Waals surface area contributed by atoms with E-state index in [1.807, 2.05) is 32.9 Å². The number of aromatic nitrogens is 2. The normalized spacial score (nSPS) is 12.1. The van der Waals surface area contributed by atoms with E-state index in [-0.39, 0.29) is 22.6 Å². The molecule has 0 aliphatic rings. The molecule has 2 aromatic rings. The number of hydrogen-bond acceptors (Lipinski definition) is 5. The van der Waals surface area contributed by atoms with Gasteiger partial charge in [-0.1, -0.05) is 11.6 Å². The van der Waals surface area contributed by atoms with E-state index in [0.717, 1.165) is 22.6 Å². The Morgan fingerprint density at radius 2 is 2.00 bits per heavy atom. The Balaban J connectivity index is 2.44. The highest BCUT2D eigenvalue weighted by molar-refractivity contribution is 6.29. The molecule has 0 spiro atoms. The van der Waals surface area contributed by atoms with Crippen molar-refractivity contribution in [3.05, 3.63) is 45.0 Å². The van der Waals surface area contributed by atoms with Gasteiger partial charge in [-0.25, -0.2) is 4.98 Å². The topological polar surface area (TPSA) is 65.4 Å². The predicted molar refractivity (Wildman–Crippen MR) is 95.8 cm³/mol. The molecule has 0 saturated heterocycles. The van der Waals surface area contributed by atoms with Crippen LogP contribution >= 0.6 is 11.6 Å². The molecular weight excluding hydrogens is 330 g/mol. The number of nitrogens with zero attached hydrogens (tertiary/aromatic N) is 2. The van der Waals surface area contributed by atoms with Crippen molar-refractivity contribution in [2.45, 2.75) is 26.8 Å². The second kappa shape index (κ2) is 7.68. The highest BCUT2D eigenvalue weighted by Crippen LogP contribution is 2.27. The number of nitrogens with one attached hydrogen (secondary N) is 1. The van der Waals surface area contributed by atoms with E-state index in [4.69, 9.17) is 21.1 Å². The van der Waals surface area contributed by atoms with Gasteiger partial charge in [0, 0.05) is 19.0 Å². The average Bonchev–Trinajstić information content (AvgIpc) is 2.53. The van der Waals surface area contributed by atoms with Crippen LogP contribution in [0.2, 0.25) is 5.15 Å². The lowest BCUT2D eigenvalue weighted by Gasteiger charge is -2.17. The van der Waals surface area contributed by atoms with Crippen LogP contribution in [0.4, 0.5) is 11.5 Å². The van der Waals surface area contributed by atoms with Crippen LogP contribution in [0.5, 0.6) is 5.75 Å². The molecule has 0 aliphatic heterocycles. The maximum absolute atomic E-state index is 12.7. The molecule has 24 heavy (non-hydrogen) atoms. The third kappa shape index (κ3) is 3.88. The molecule has 1 aromatic heterocycles. The summed E-state index contributed by atoms with van der Waals surface area (Å²) in [6, 6.07) is 3.68. The SMILES string of the molecule is COC[C@@H](C)n1cc(Cl)nc(Nc2cc(C)c(OC)cc2C)c1=O. The van der Waals surface area contributed by atoms with Crippen molar-refractivity contribution in [2.24, 2.45) is 0 Å². The zero-order chi connectivity index (χ0) is 17.9. The molecule has 1 heterocycles. The van der Waals surface area contributed by atoms with E-state index in [9.17, 15) is 4.79 Å². The van der Waals surface area contributed by atoms with Gasteiger partial charge in [-0.05, 0) is 44.0 Å². The molecule has 0 saturated carbocycles. The molecule has 0 unspecified atom stereocenters. The Bertz CT molecular complexity index is 789. The molecule has 7 heteroatoms. The van der Waals surface area contributed by atoms with Crippen LogP contribution in [0.15, 0.2) is 23.1 Å². The Labute approximate surface area is 146 Å². The van der Waals surface area contributed by atoms with Crippen molar-refractivity contribution >= 4 is 23.1 Å². The highest BCUT2D eigenvalue weighted by atomic mass is 35.5. The minimum absolute atomic E-state index is 0.151. The molecule has 0 radical (unpaired) electrons. The van der Waals surface area contributed by atoms with Gasteiger partial charge in [0.15, 0.2) is 5.82 Å². The summed E-state index contributed by atoms with van der Waals surface area (Å²) in [5, 5.41) is 3.32. The number of halogens is 1. The average molecular weight is 352 g/mol. The Morgan fingerprint density at radius 1 is 1.29 bits per heavy atom. The van der Waals surface area contributed by atoms with E-state index >= 15 is 0 Å². The standard InChI is InChI=1S/C17H22ClN3O3/c1-10-7-14(24-5)11(2)6-13(10)19-16-17(22)21(8-15(18)20-16)12(3)9-23-4/h6-8,12H,9H2,1-5H3,(H,19,20)/t12-/m1/s1. The molecule has 0 amide bonds. The Kier molecular flexibility index (Phi) is 5.85. The molecule has 1 aromatic carbocycles. The van der Waals surface area contributed by atoms with Crippen LogP contribution in [-0.2, 0) is 4.74 Å². The Hall–Kier alpha value is -2.05. The summed E-state index contributed by atoms with van der Waals surface area (Å²) >= 11 is 6.08. The van der Waals surface area contributed by atoms with Crippen molar-refractivity contribution in [3.63, 3.8) is 0 Å². The molecule has 0 aliphatic carbocycles. The highest BCUT2D eigenvalue weighted by Gasteiger charge is 2.14. The van der Waals surface area contributed by atoms with Gasteiger partial charge < -0.3 is 19.4 Å². The fourth-order valence-electron chi connectivity index (χ4n) is 2.48. The van der Waals surface area contributed by atoms with Crippen molar-refractivity contribution < 1.29 is 9.47 Å². The lowest BCUT2D eigenvalue weighted by atomic mass is 10.1. The summed E-state index contributed by atoms with van der Waals surface area (Å²) in [6.45, 7) is 6.16. The summed E-state index contributed by atoms with van der Waals surface area (Å²) in [4.78, 5) is 16.8. The van der Waals surface area contributed by atoms with E-state index in [0.29, 0.717) is 6.61 Å². The molecule has 1 atom stereocenters. The van der Waals surface area contributed by atoms with E-state index in [2.05, 4.69) is 10.3 Å². The van der Waals surface area contributed by atoms with Gasteiger partial charge in [-0.3, -0.25) is 4.79 Å². The summed E-state index contributed by atoms with van der Waals surface area (Å²) in [6.07, 6.45) is 1.52. The molecular formula is C17H22ClN3O3. The van der Waals surface area contributed by atoms with Gasteiger partial charge in [-0.2, -0.15) is 0 Å². The lowest BCUT2D eigenvalue weighted by Crippen LogP contribution is -2.28. The number of rotatable bonds is 6. The summed E-state index contributed by atoms with van der Waals surface area (Å²) in [5.41, 5.74) is 2.43. The van der Waals surface area contributed by atoms with Crippen LogP contribution in [-0.4, -0.2) is 30.4 Å². The maximum atomic E-state index is 12.7. The van der Waals surface area contributed by atoms with Crippen LogP contribution in [0, 0.1) is 13.8 Å². The van der Waals surface area contributed by atoms with Crippen molar-refractivity contribution in [1.29, 1.82) is 0 Å². The smallest absolute Gasteiger partial charge is 0.294 e. The van der Waals surface area contributed by atoms with Crippen LogP contribution in [0.3, 0.4) is 0 Å². The number of anilines is 2. The van der Waals surface area contributed by atoms with Gasteiger partial charge in [0.2, 0.25) is 0 Å². The molecule has 2 rings (SSSR count). The first-order chi connectivity index (χ1) is 11.4. The molecule has 0 fully saturated rings. The fourth-order valence-corrected chi connectivity index (χ4v) is 2.67. The molecule has 6 nitrogen and oxygen atoms in total. The molecule has 0 bridgehead atoms. The predicted octanol–water partition coefficient (Wildman–Crippen LogP) is 3.47. The van der Waals surface area contributed by atoms with Crippen LogP contribution in [0.25, 0.3) is 0 Å².